The molecule has 1 N–H and O–H groups in total. The van der Waals surface area contributed by atoms with Gasteiger partial charge in [-0.25, -0.2) is 0 Å². The van der Waals surface area contributed by atoms with Gasteiger partial charge >= 0.3 is 0 Å². The van der Waals surface area contributed by atoms with Crippen molar-refractivity contribution >= 4 is 5.78 Å². The normalized spacial score (nSPS) is 10.5. The van der Waals surface area contributed by atoms with Crippen LogP contribution in [-0.2, 0) is 4.79 Å². The van der Waals surface area contributed by atoms with Gasteiger partial charge in [-0.1, -0.05) is 20.8 Å². The van der Waals surface area contributed by atoms with Gasteiger partial charge in [-0.3, -0.25) is 4.79 Å². The molecule has 0 amide bonds. The molecule has 0 rings (SSSR count). The van der Waals surface area contributed by atoms with E-state index in [-0.39, 0.29) is 0 Å². The molecule has 0 saturated carbocycles. The van der Waals surface area contributed by atoms with Crippen molar-refractivity contribution in [2.45, 2.75) is 33.6 Å². The molecule has 0 saturated heterocycles. The van der Waals surface area contributed by atoms with Gasteiger partial charge < -0.3 is 5.32 Å². The summed E-state index contributed by atoms with van der Waals surface area (Å²) in [5.41, 5.74) is 0. The first-order chi connectivity index (χ1) is 5.16. The molecule has 0 fully saturated rings. The van der Waals surface area contributed by atoms with Gasteiger partial charge in [-0.15, -0.1) is 0 Å². The molecule has 0 radical (unpaired) electrons. The Hall–Kier alpha value is -0.370. The average Bonchev–Trinajstić information content (AvgIpc) is 1.97. The first-order valence-corrected chi connectivity index (χ1v) is 4.39. The van der Waals surface area contributed by atoms with E-state index in [1.165, 1.54) is 0 Å². The monoisotopic (exact) mass is 157 g/mol. The molecule has 0 aromatic heterocycles. The Morgan fingerprint density at radius 3 is 2.55 bits per heavy atom. The largest absolute Gasteiger partial charge is 0.310 e. The second-order valence-electron chi connectivity index (χ2n) is 3.25. The Labute approximate surface area is 69.4 Å². The zero-order valence-electron chi connectivity index (χ0n) is 7.81. The lowest BCUT2D eigenvalue weighted by Crippen LogP contribution is -2.24. The van der Waals surface area contributed by atoms with Gasteiger partial charge in [0, 0.05) is 6.42 Å². The van der Waals surface area contributed by atoms with Crippen LogP contribution in [0.5, 0.6) is 0 Å². The molecule has 0 aliphatic heterocycles. The predicted molar refractivity (Wildman–Crippen MR) is 47.6 cm³/mol. The minimum absolute atomic E-state index is 0.300. The summed E-state index contributed by atoms with van der Waals surface area (Å²) in [5, 5.41) is 3.12. The topological polar surface area (TPSA) is 29.1 Å². The molecule has 66 valence electrons. The second-order valence-corrected chi connectivity index (χ2v) is 3.25. The summed E-state index contributed by atoms with van der Waals surface area (Å²) >= 11 is 0. The highest BCUT2D eigenvalue weighted by Gasteiger charge is 1.97. The molecule has 0 aliphatic rings. The van der Waals surface area contributed by atoms with Crippen molar-refractivity contribution in [3.63, 3.8) is 0 Å². The lowest BCUT2D eigenvalue weighted by Gasteiger charge is -2.04. The molecule has 0 spiro atoms. The van der Waals surface area contributed by atoms with Crippen LogP contribution >= 0.6 is 0 Å². The lowest BCUT2D eigenvalue weighted by molar-refractivity contribution is -0.117. The number of Topliss-reactive ketones (excluding diaryl/α,β-unsaturated/α-hetero) is 1. The maximum atomic E-state index is 10.8. The molecule has 2 heteroatoms. The molecule has 11 heavy (non-hydrogen) atoms. The first-order valence-electron chi connectivity index (χ1n) is 4.39. The fourth-order valence-electron chi connectivity index (χ4n) is 0.744. The summed E-state index contributed by atoms with van der Waals surface area (Å²) in [7, 11) is 0. The fraction of sp³-hybridized carbons (Fsp3) is 0.889. The summed E-state index contributed by atoms with van der Waals surface area (Å²) in [4.78, 5) is 10.8. The van der Waals surface area contributed by atoms with E-state index in [0.717, 1.165) is 18.9 Å². The highest BCUT2D eigenvalue weighted by molar-refractivity contribution is 5.79. The lowest BCUT2D eigenvalue weighted by atomic mass is 10.1. The van der Waals surface area contributed by atoms with Crippen LogP contribution in [0.25, 0.3) is 0 Å². The zero-order valence-corrected chi connectivity index (χ0v) is 7.81. The maximum Gasteiger partial charge on any atom is 0.146 e. The summed E-state index contributed by atoms with van der Waals surface area (Å²) in [5.74, 6) is 1.02. The third-order valence-electron chi connectivity index (χ3n) is 1.61. The molecule has 0 aliphatic carbocycles. The van der Waals surface area contributed by atoms with Crippen molar-refractivity contribution in [2.75, 3.05) is 13.1 Å². The van der Waals surface area contributed by atoms with Crippen molar-refractivity contribution in [3.05, 3.63) is 0 Å². The van der Waals surface area contributed by atoms with E-state index < -0.39 is 0 Å². The fourth-order valence-corrected chi connectivity index (χ4v) is 0.744. The summed E-state index contributed by atoms with van der Waals surface area (Å²) in [6.07, 6.45) is 1.80. The number of carbonyl (C=O) groups is 1. The Kier molecular flexibility index (Phi) is 6.13. The Bertz CT molecular complexity index is 110. The minimum atomic E-state index is 0.300. The SMILES string of the molecule is CCC(=O)CNCCC(C)C. The van der Waals surface area contributed by atoms with E-state index in [1.54, 1.807) is 0 Å². The second kappa shape index (κ2) is 6.35. The average molecular weight is 157 g/mol. The van der Waals surface area contributed by atoms with Gasteiger partial charge in [-0.05, 0) is 18.9 Å². The third kappa shape index (κ3) is 7.53. The van der Waals surface area contributed by atoms with Crippen molar-refractivity contribution in [2.24, 2.45) is 5.92 Å². The molecular weight excluding hydrogens is 138 g/mol. The standard InChI is InChI=1S/C9H19NO/c1-4-9(11)7-10-6-5-8(2)3/h8,10H,4-7H2,1-3H3. The quantitative estimate of drug-likeness (QED) is 0.593. The van der Waals surface area contributed by atoms with E-state index in [1.807, 2.05) is 6.92 Å². The van der Waals surface area contributed by atoms with Crippen LogP contribution < -0.4 is 5.32 Å². The Morgan fingerprint density at radius 2 is 2.09 bits per heavy atom. The molecule has 0 heterocycles. The zero-order chi connectivity index (χ0) is 8.69. The van der Waals surface area contributed by atoms with E-state index in [4.69, 9.17) is 0 Å². The Balaban J connectivity index is 3.08. The van der Waals surface area contributed by atoms with Gasteiger partial charge in [0.1, 0.15) is 5.78 Å². The molecular formula is C9H19NO. The smallest absolute Gasteiger partial charge is 0.146 e. The number of rotatable bonds is 6. The first kappa shape index (κ1) is 10.6. The van der Waals surface area contributed by atoms with Gasteiger partial charge in [0.25, 0.3) is 0 Å². The molecule has 0 atom stereocenters. The van der Waals surface area contributed by atoms with Gasteiger partial charge in [0.15, 0.2) is 0 Å². The van der Waals surface area contributed by atoms with Gasteiger partial charge in [0.05, 0.1) is 6.54 Å². The van der Waals surface area contributed by atoms with E-state index in [0.29, 0.717) is 18.7 Å². The summed E-state index contributed by atoms with van der Waals surface area (Å²) in [6, 6.07) is 0. The van der Waals surface area contributed by atoms with Crippen molar-refractivity contribution < 1.29 is 4.79 Å². The molecule has 0 aromatic rings. The maximum absolute atomic E-state index is 10.8. The van der Waals surface area contributed by atoms with Crippen molar-refractivity contribution in [1.82, 2.24) is 5.32 Å². The molecule has 0 aromatic carbocycles. The Morgan fingerprint density at radius 1 is 1.45 bits per heavy atom. The van der Waals surface area contributed by atoms with Crippen LogP contribution in [0.4, 0.5) is 0 Å². The predicted octanol–water partition coefficient (Wildman–Crippen LogP) is 1.60. The number of nitrogens with one attached hydrogen (secondary N) is 1. The number of carbonyl (C=O) groups excluding carboxylic acids is 1. The highest BCUT2D eigenvalue weighted by Crippen LogP contribution is 1.95. The number of hydrogen-bond donors (Lipinski definition) is 1. The number of ketones is 1. The van der Waals surface area contributed by atoms with Crippen LogP contribution in [0.2, 0.25) is 0 Å². The van der Waals surface area contributed by atoms with Crippen LogP contribution in [-0.4, -0.2) is 18.9 Å². The van der Waals surface area contributed by atoms with E-state index >= 15 is 0 Å². The number of hydrogen-bond acceptors (Lipinski definition) is 2. The van der Waals surface area contributed by atoms with Crippen LogP contribution in [0, 0.1) is 5.92 Å². The van der Waals surface area contributed by atoms with E-state index in [2.05, 4.69) is 19.2 Å². The minimum Gasteiger partial charge on any atom is -0.310 e. The van der Waals surface area contributed by atoms with Crippen LogP contribution in [0.1, 0.15) is 33.6 Å². The summed E-state index contributed by atoms with van der Waals surface area (Å²) < 4.78 is 0. The van der Waals surface area contributed by atoms with Crippen LogP contribution in [0.15, 0.2) is 0 Å². The van der Waals surface area contributed by atoms with Crippen molar-refractivity contribution in [3.8, 4) is 0 Å². The molecule has 0 unspecified atom stereocenters. The van der Waals surface area contributed by atoms with Gasteiger partial charge in [0.2, 0.25) is 0 Å². The van der Waals surface area contributed by atoms with Crippen LogP contribution in [0.3, 0.4) is 0 Å². The van der Waals surface area contributed by atoms with Crippen molar-refractivity contribution in [1.29, 1.82) is 0 Å². The van der Waals surface area contributed by atoms with E-state index in [9.17, 15) is 4.79 Å². The van der Waals surface area contributed by atoms with Gasteiger partial charge in [-0.2, -0.15) is 0 Å². The third-order valence-corrected chi connectivity index (χ3v) is 1.61. The highest BCUT2D eigenvalue weighted by atomic mass is 16.1. The molecule has 0 bridgehead atoms. The summed E-state index contributed by atoms with van der Waals surface area (Å²) in [6.45, 7) is 7.77. The molecule has 2 nitrogen and oxygen atoms in total.